The highest BCUT2D eigenvalue weighted by Crippen LogP contribution is 2.37. The van der Waals surface area contributed by atoms with Gasteiger partial charge in [0.1, 0.15) is 15.6 Å². The molecular formula is C19H18FIN4OS. The number of piperidine rings is 1. The van der Waals surface area contributed by atoms with E-state index in [0.29, 0.717) is 16.3 Å². The van der Waals surface area contributed by atoms with Crippen LogP contribution in [0.2, 0.25) is 0 Å². The highest BCUT2D eigenvalue weighted by molar-refractivity contribution is 14.1. The zero-order chi connectivity index (χ0) is 18.8. The van der Waals surface area contributed by atoms with Gasteiger partial charge in [-0.05, 0) is 72.3 Å². The summed E-state index contributed by atoms with van der Waals surface area (Å²) in [5.41, 5.74) is 0.863. The largest absolute Gasteiger partial charge is 0.348 e. The van der Waals surface area contributed by atoms with Crippen LogP contribution in [0.4, 0.5) is 15.1 Å². The number of hydrogen-bond donors (Lipinski definition) is 3. The SMILES string of the molecule is O=C(N[C@H]1CCCNC1)c1c(Nc2ccc(I)cc2F)sc2ncccc12. The molecule has 1 saturated heterocycles. The van der Waals surface area contributed by atoms with Gasteiger partial charge in [-0.15, -0.1) is 0 Å². The van der Waals surface area contributed by atoms with E-state index in [0.717, 1.165) is 39.7 Å². The average Bonchev–Trinajstić information content (AvgIpc) is 3.03. The lowest BCUT2D eigenvalue weighted by Gasteiger charge is -2.24. The maximum atomic E-state index is 14.3. The summed E-state index contributed by atoms with van der Waals surface area (Å²) < 4.78 is 15.1. The molecule has 5 nitrogen and oxygen atoms in total. The molecule has 0 saturated carbocycles. The van der Waals surface area contributed by atoms with Crippen LogP contribution in [0, 0.1) is 9.39 Å². The Balaban J connectivity index is 1.69. The molecule has 0 radical (unpaired) electrons. The predicted octanol–water partition coefficient (Wildman–Crippen LogP) is 4.27. The summed E-state index contributed by atoms with van der Waals surface area (Å²) in [5.74, 6) is -0.508. The maximum Gasteiger partial charge on any atom is 0.255 e. The van der Waals surface area contributed by atoms with Gasteiger partial charge >= 0.3 is 0 Å². The lowest BCUT2D eigenvalue weighted by Crippen LogP contribution is -2.45. The van der Waals surface area contributed by atoms with Gasteiger partial charge in [0.15, 0.2) is 0 Å². The first-order valence-corrected chi connectivity index (χ1v) is 10.6. The Hall–Kier alpha value is -1.78. The molecule has 27 heavy (non-hydrogen) atoms. The normalized spacial score (nSPS) is 17.0. The maximum absolute atomic E-state index is 14.3. The Kier molecular flexibility index (Phi) is 5.55. The van der Waals surface area contributed by atoms with Crippen molar-refractivity contribution in [3.63, 3.8) is 0 Å². The third-order valence-electron chi connectivity index (χ3n) is 4.50. The Morgan fingerprint density at radius 2 is 2.26 bits per heavy atom. The van der Waals surface area contributed by atoms with Gasteiger partial charge in [-0.25, -0.2) is 9.37 Å². The van der Waals surface area contributed by atoms with Crippen LogP contribution in [0.5, 0.6) is 0 Å². The lowest BCUT2D eigenvalue weighted by atomic mass is 10.1. The number of nitrogens with one attached hydrogen (secondary N) is 3. The van der Waals surface area contributed by atoms with Crippen LogP contribution >= 0.6 is 33.9 Å². The molecule has 140 valence electrons. The Morgan fingerprint density at radius 1 is 1.37 bits per heavy atom. The first kappa shape index (κ1) is 18.6. The van der Waals surface area contributed by atoms with Gasteiger partial charge in [-0.1, -0.05) is 11.3 Å². The summed E-state index contributed by atoms with van der Waals surface area (Å²) in [6.45, 7) is 1.75. The molecule has 1 amide bonds. The van der Waals surface area contributed by atoms with Crippen LogP contribution in [-0.2, 0) is 0 Å². The van der Waals surface area contributed by atoms with Crippen LogP contribution in [-0.4, -0.2) is 30.0 Å². The van der Waals surface area contributed by atoms with Gasteiger partial charge in [0.05, 0.1) is 11.3 Å². The van der Waals surface area contributed by atoms with Gasteiger partial charge in [0.25, 0.3) is 5.91 Å². The average molecular weight is 496 g/mol. The highest BCUT2D eigenvalue weighted by atomic mass is 127. The number of rotatable bonds is 4. The van der Waals surface area contributed by atoms with Crippen molar-refractivity contribution in [2.45, 2.75) is 18.9 Å². The van der Waals surface area contributed by atoms with E-state index in [9.17, 15) is 9.18 Å². The topological polar surface area (TPSA) is 66.1 Å². The van der Waals surface area contributed by atoms with E-state index in [4.69, 9.17) is 0 Å². The third-order valence-corrected chi connectivity index (χ3v) is 6.20. The molecule has 1 aromatic carbocycles. The van der Waals surface area contributed by atoms with Crippen molar-refractivity contribution in [2.24, 2.45) is 0 Å². The third kappa shape index (κ3) is 4.07. The second-order valence-corrected chi connectivity index (χ2v) is 8.67. The minimum absolute atomic E-state index is 0.0979. The zero-order valence-electron chi connectivity index (χ0n) is 14.4. The van der Waals surface area contributed by atoms with Gasteiger partial charge < -0.3 is 16.0 Å². The van der Waals surface area contributed by atoms with Gasteiger partial charge in [-0.3, -0.25) is 4.79 Å². The van der Waals surface area contributed by atoms with Crippen molar-refractivity contribution in [2.75, 3.05) is 18.4 Å². The van der Waals surface area contributed by atoms with E-state index in [1.807, 2.05) is 18.2 Å². The summed E-state index contributed by atoms with van der Waals surface area (Å²) >= 11 is 3.42. The fraction of sp³-hybridized carbons (Fsp3) is 0.263. The molecule has 1 aliphatic heterocycles. The first-order chi connectivity index (χ1) is 13.1. The Labute approximate surface area is 173 Å². The molecule has 0 aliphatic carbocycles. The number of carbonyl (C=O) groups excluding carboxylic acids is 1. The standard InChI is InChI=1S/C19H18FIN4OS/c20-14-9-11(21)5-6-15(14)25-19-16(13-4-2-8-23-18(13)27-19)17(26)24-12-3-1-7-22-10-12/h2,4-6,8-9,12,22,25H,1,3,7,10H2,(H,24,26)/t12-/m0/s1. The number of pyridine rings is 1. The molecule has 3 heterocycles. The number of amides is 1. The second kappa shape index (κ2) is 8.07. The zero-order valence-corrected chi connectivity index (χ0v) is 17.4. The molecule has 8 heteroatoms. The van der Waals surface area contributed by atoms with Crippen molar-refractivity contribution in [3.05, 3.63) is 51.5 Å². The molecule has 3 N–H and O–H groups in total. The van der Waals surface area contributed by atoms with E-state index in [1.54, 1.807) is 12.3 Å². The molecule has 1 fully saturated rings. The van der Waals surface area contributed by atoms with Crippen LogP contribution in [0.3, 0.4) is 0 Å². The van der Waals surface area contributed by atoms with E-state index in [2.05, 4.69) is 43.5 Å². The first-order valence-electron chi connectivity index (χ1n) is 8.73. The fourth-order valence-electron chi connectivity index (χ4n) is 3.19. The van der Waals surface area contributed by atoms with E-state index >= 15 is 0 Å². The molecule has 0 unspecified atom stereocenters. The van der Waals surface area contributed by atoms with Crippen LogP contribution in [0.15, 0.2) is 36.5 Å². The molecule has 2 aromatic heterocycles. The number of benzene rings is 1. The van der Waals surface area contributed by atoms with E-state index < -0.39 is 0 Å². The number of hydrogen-bond acceptors (Lipinski definition) is 5. The van der Waals surface area contributed by atoms with Gasteiger partial charge in [0.2, 0.25) is 0 Å². The lowest BCUT2D eigenvalue weighted by molar-refractivity contribution is 0.0933. The number of fused-ring (bicyclic) bond motifs is 1. The Morgan fingerprint density at radius 3 is 3.04 bits per heavy atom. The summed E-state index contributed by atoms with van der Waals surface area (Å²) in [7, 11) is 0. The minimum atomic E-state index is -0.352. The molecule has 0 bridgehead atoms. The summed E-state index contributed by atoms with van der Waals surface area (Å²) in [5, 5.41) is 10.9. The van der Waals surface area contributed by atoms with Crippen molar-refractivity contribution < 1.29 is 9.18 Å². The molecule has 4 rings (SSSR count). The number of halogens is 2. The van der Waals surface area contributed by atoms with Crippen molar-refractivity contribution in [3.8, 4) is 0 Å². The Bertz CT molecular complexity index is 987. The van der Waals surface area contributed by atoms with Crippen LogP contribution < -0.4 is 16.0 Å². The summed E-state index contributed by atoms with van der Waals surface area (Å²) in [4.78, 5) is 18.2. The van der Waals surface area contributed by atoms with Gasteiger partial charge in [0, 0.05) is 27.7 Å². The molecule has 1 aliphatic rings. The smallest absolute Gasteiger partial charge is 0.255 e. The highest BCUT2D eigenvalue weighted by Gasteiger charge is 2.23. The quantitative estimate of drug-likeness (QED) is 0.473. The molecular weight excluding hydrogens is 478 g/mol. The predicted molar refractivity (Wildman–Crippen MR) is 115 cm³/mol. The number of thiophene rings is 1. The molecule has 0 spiro atoms. The van der Waals surface area contributed by atoms with Crippen LogP contribution in [0.1, 0.15) is 23.2 Å². The van der Waals surface area contributed by atoms with E-state index in [-0.39, 0.29) is 17.8 Å². The van der Waals surface area contributed by atoms with Gasteiger partial charge in [-0.2, -0.15) is 0 Å². The summed E-state index contributed by atoms with van der Waals surface area (Å²) in [6.07, 6.45) is 3.68. The number of nitrogens with zero attached hydrogens (tertiary/aromatic N) is 1. The van der Waals surface area contributed by atoms with Crippen LogP contribution in [0.25, 0.3) is 10.2 Å². The van der Waals surface area contributed by atoms with Crippen molar-refractivity contribution in [1.29, 1.82) is 0 Å². The fourth-order valence-corrected chi connectivity index (χ4v) is 4.70. The number of anilines is 2. The number of carbonyl (C=O) groups is 1. The summed E-state index contributed by atoms with van der Waals surface area (Å²) in [6, 6.07) is 8.75. The monoisotopic (exact) mass is 496 g/mol. The number of aromatic nitrogens is 1. The molecule has 1 atom stereocenters. The minimum Gasteiger partial charge on any atom is -0.348 e. The van der Waals surface area contributed by atoms with Crippen molar-refractivity contribution >= 4 is 60.7 Å². The van der Waals surface area contributed by atoms with E-state index in [1.165, 1.54) is 17.4 Å². The molecule has 3 aromatic rings. The van der Waals surface area contributed by atoms with Crippen molar-refractivity contribution in [1.82, 2.24) is 15.6 Å². The second-order valence-electron chi connectivity index (χ2n) is 6.43.